The minimum atomic E-state index is -0.347. The zero-order chi connectivity index (χ0) is 19.0. The highest BCUT2D eigenvalue weighted by Gasteiger charge is 2.52. The molecule has 0 fully saturated rings. The topological polar surface area (TPSA) is 0 Å². The molecule has 0 heterocycles. The van der Waals surface area contributed by atoms with E-state index >= 15 is 0 Å². The first kappa shape index (κ1) is 17.3. The SMILES string of the molecule is C=CC1=C(/C=C\C)C(=C)/C(=C\C=C/C)C12c1ccccc1-c1ccccc12. The summed E-state index contributed by atoms with van der Waals surface area (Å²) in [5.74, 6) is 0. The fourth-order valence-corrected chi connectivity index (χ4v) is 4.73. The zero-order valence-electron chi connectivity index (χ0n) is 16.0. The minimum absolute atomic E-state index is 0.347. The van der Waals surface area contributed by atoms with Gasteiger partial charge in [-0.15, -0.1) is 0 Å². The Morgan fingerprint density at radius 1 is 0.852 bits per heavy atom. The Labute approximate surface area is 162 Å². The molecule has 0 radical (unpaired) electrons. The molecule has 1 spiro atoms. The molecule has 2 aromatic rings. The van der Waals surface area contributed by atoms with Crippen molar-refractivity contribution >= 4 is 0 Å². The van der Waals surface area contributed by atoms with Gasteiger partial charge in [0.25, 0.3) is 0 Å². The maximum Gasteiger partial charge on any atom is 0.0725 e. The van der Waals surface area contributed by atoms with Crippen LogP contribution >= 0.6 is 0 Å². The minimum Gasteiger partial charge on any atom is -0.0987 e. The van der Waals surface area contributed by atoms with Gasteiger partial charge in [0.2, 0.25) is 0 Å². The summed E-state index contributed by atoms with van der Waals surface area (Å²) < 4.78 is 0. The van der Waals surface area contributed by atoms with Gasteiger partial charge in [0.1, 0.15) is 0 Å². The molecule has 0 atom stereocenters. The van der Waals surface area contributed by atoms with E-state index in [1.807, 2.05) is 13.0 Å². The van der Waals surface area contributed by atoms with Crippen molar-refractivity contribution in [3.05, 3.63) is 132 Å². The summed E-state index contributed by atoms with van der Waals surface area (Å²) in [5.41, 5.74) is 9.60. The molecule has 0 saturated carbocycles. The second-order valence-electron chi connectivity index (χ2n) is 6.96. The standard InChI is InChI=1S/C27H24/c1-5-8-16-24-19(4)20(13-6-2)23(7-3)27(24)25-17-11-9-14-21(25)22-15-10-12-18-26(22)27/h5-18H,3-4H2,1-2H3/b8-5-,13-6-,24-16+. The van der Waals surface area contributed by atoms with Crippen LogP contribution in [0.4, 0.5) is 0 Å². The molecule has 0 N–H and O–H groups in total. The van der Waals surface area contributed by atoms with Crippen LogP contribution in [0.15, 0.2) is 120 Å². The monoisotopic (exact) mass is 348 g/mol. The number of rotatable bonds is 3. The molecule has 0 aromatic heterocycles. The van der Waals surface area contributed by atoms with Crippen molar-refractivity contribution in [2.24, 2.45) is 0 Å². The average Bonchev–Trinajstić information content (AvgIpc) is 3.12. The molecule has 2 aliphatic rings. The van der Waals surface area contributed by atoms with Gasteiger partial charge >= 0.3 is 0 Å². The Morgan fingerprint density at radius 2 is 1.44 bits per heavy atom. The van der Waals surface area contributed by atoms with Gasteiger partial charge in [0.05, 0.1) is 5.41 Å². The highest BCUT2D eigenvalue weighted by molar-refractivity contribution is 5.91. The van der Waals surface area contributed by atoms with E-state index in [2.05, 4.69) is 99.0 Å². The predicted molar refractivity (Wildman–Crippen MR) is 117 cm³/mol. The van der Waals surface area contributed by atoms with Crippen LogP contribution in [0, 0.1) is 0 Å². The number of hydrogen-bond acceptors (Lipinski definition) is 0. The molecule has 0 bridgehead atoms. The number of fused-ring (bicyclic) bond motifs is 5. The van der Waals surface area contributed by atoms with Crippen molar-refractivity contribution in [2.45, 2.75) is 19.3 Å². The lowest BCUT2D eigenvalue weighted by molar-refractivity contribution is 0.783. The van der Waals surface area contributed by atoms with Gasteiger partial charge in [0, 0.05) is 0 Å². The predicted octanol–water partition coefficient (Wildman–Crippen LogP) is 7.08. The summed E-state index contributed by atoms with van der Waals surface area (Å²) in [5, 5.41) is 0. The smallest absolute Gasteiger partial charge is 0.0725 e. The van der Waals surface area contributed by atoms with E-state index in [1.165, 1.54) is 39.0 Å². The van der Waals surface area contributed by atoms with Crippen molar-refractivity contribution in [1.29, 1.82) is 0 Å². The maximum atomic E-state index is 4.49. The van der Waals surface area contributed by atoms with Gasteiger partial charge in [-0.05, 0) is 58.4 Å². The van der Waals surface area contributed by atoms with Crippen molar-refractivity contribution in [3.8, 4) is 11.1 Å². The van der Waals surface area contributed by atoms with E-state index in [-0.39, 0.29) is 5.41 Å². The van der Waals surface area contributed by atoms with Crippen molar-refractivity contribution in [2.75, 3.05) is 0 Å². The quantitative estimate of drug-likeness (QED) is 0.556. The molecule has 0 saturated heterocycles. The van der Waals surface area contributed by atoms with E-state index in [0.717, 1.165) is 5.57 Å². The Kier molecular flexibility index (Phi) is 4.20. The molecule has 0 heteroatoms. The van der Waals surface area contributed by atoms with Gasteiger partial charge in [-0.2, -0.15) is 0 Å². The highest BCUT2D eigenvalue weighted by atomic mass is 14.5. The fourth-order valence-electron chi connectivity index (χ4n) is 4.73. The maximum absolute atomic E-state index is 4.49. The van der Waals surface area contributed by atoms with Crippen LogP contribution in [-0.2, 0) is 5.41 Å². The summed E-state index contributed by atoms with van der Waals surface area (Å²) in [6, 6.07) is 17.5. The van der Waals surface area contributed by atoms with Crippen LogP contribution in [0.5, 0.6) is 0 Å². The van der Waals surface area contributed by atoms with Crippen LogP contribution in [-0.4, -0.2) is 0 Å². The first-order valence-corrected chi connectivity index (χ1v) is 9.44. The molecule has 0 nitrogen and oxygen atoms in total. The fraction of sp³-hybridized carbons (Fsp3) is 0.111. The first-order chi connectivity index (χ1) is 13.2. The largest absolute Gasteiger partial charge is 0.0987 e. The van der Waals surface area contributed by atoms with Crippen molar-refractivity contribution in [3.63, 3.8) is 0 Å². The molecule has 0 unspecified atom stereocenters. The third kappa shape index (κ3) is 2.16. The van der Waals surface area contributed by atoms with E-state index in [9.17, 15) is 0 Å². The van der Waals surface area contributed by atoms with Gasteiger partial charge in [-0.1, -0.05) is 98.1 Å². The molecule has 2 aromatic carbocycles. The molecular formula is C27H24. The Morgan fingerprint density at radius 3 is 1.96 bits per heavy atom. The first-order valence-electron chi connectivity index (χ1n) is 9.44. The van der Waals surface area contributed by atoms with Crippen molar-refractivity contribution < 1.29 is 0 Å². The molecule has 4 rings (SSSR count). The van der Waals surface area contributed by atoms with Crippen LogP contribution in [0.2, 0.25) is 0 Å². The molecule has 0 aliphatic heterocycles. The lowest BCUT2D eigenvalue weighted by atomic mass is 9.69. The molecule has 2 aliphatic carbocycles. The summed E-state index contributed by atoms with van der Waals surface area (Å²) in [6.45, 7) is 12.8. The molecule has 132 valence electrons. The number of allylic oxidation sites excluding steroid dienone is 10. The van der Waals surface area contributed by atoms with Gasteiger partial charge in [-0.3, -0.25) is 0 Å². The lowest BCUT2D eigenvalue weighted by Gasteiger charge is -2.31. The van der Waals surface area contributed by atoms with Gasteiger partial charge in [-0.25, -0.2) is 0 Å². The second-order valence-corrected chi connectivity index (χ2v) is 6.96. The van der Waals surface area contributed by atoms with Crippen LogP contribution in [0.3, 0.4) is 0 Å². The second kappa shape index (κ2) is 6.55. The van der Waals surface area contributed by atoms with E-state index < -0.39 is 0 Å². The number of benzene rings is 2. The number of hydrogen-bond donors (Lipinski definition) is 0. The normalized spacial score (nSPS) is 18.9. The third-order valence-electron chi connectivity index (χ3n) is 5.69. The van der Waals surface area contributed by atoms with Crippen molar-refractivity contribution in [1.82, 2.24) is 0 Å². The van der Waals surface area contributed by atoms with E-state index in [4.69, 9.17) is 0 Å². The van der Waals surface area contributed by atoms with Crippen LogP contribution < -0.4 is 0 Å². The summed E-state index contributed by atoms with van der Waals surface area (Å²) in [6.07, 6.45) is 12.7. The van der Waals surface area contributed by atoms with Crippen LogP contribution in [0.1, 0.15) is 25.0 Å². The van der Waals surface area contributed by atoms with E-state index in [1.54, 1.807) is 0 Å². The summed E-state index contributed by atoms with van der Waals surface area (Å²) >= 11 is 0. The van der Waals surface area contributed by atoms with E-state index in [0.29, 0.717) is 0 Å². The van der Waals surface area contributed by atoms with Gasteiger partial charge < -0.3 is 0 Å². The Bertz CT molecular complexity index is 1020. The average molecular weight is 348 g/mol. The Balaban J connectivity index is 2.21. The highest BCUT2D eigenvalue weighted by Crippen LogP contribution is 2.62. The zero-order valence-corrected chi connectivity index (χ0v) is 16.0. The van der Waals surface area contributed by atoms with Gasteiger partial charge in [0.15, 0.2) is 0 Å². The third-order valence-corrected chi connectivity index (χ3v) is 5.69. The molecule has 27 heavy (non-hydrogen) atoms. The van der Waals surface area contributed by atoms with Crippen LogP contribution in [0.25, 0.3) is 11.1 Å². The Hall–Kier alpha value is -3.12. The molecular weight excluding hydrogens is 324 g/mol. The lowest BCUT2D eigenvalue weighted by Crippen LogP contribution is -2.26. The summed E-state index contributed by atoms with van der Waals surface area (Å²) in [4.78, 5) is 0. The summed E-state index contributed by atoms with van der Waals surface area (Å²) in [7, 11) is 0. The molecule has 0 amide bonds.